The molecule has 3 fully saturated rings. The highest BCUT2D eigenvalue weighted by atomic mass is 32.2. The molecule has 0 spiro atoms. The van der Waals surface area contributed by atoms with Gasteiger partial charge in [0.1, 0.15) is 0 Å². The van der Waals surface area contributed by atoms with Crippen molar-refractivity contribution in [1.29, 1.82) is 0 Å². The minimum atomic E-state index is 0.112. The molecule has 1 saturated heterocycles. The van der Waals surface area contributed by atoms with Crippen LogP contribution in [-0.4, -0.2) is 42.3 Å². The van der Waals surface area contributed by atoms with Crippen LogP contribution in [0.2, 0.25) is 0 Å². The van der Waals surface area contributed by atoms with Crippen molar-refractivity contribution in [2.24, 2.45) is 4.99 Å². The van der Waals surface area contributed by atoms with Crippen molar-refractivity contribution in [2.75, 3.05) is 14.2 Å². The Morgan fingerprint density at radius 1 is 0.968 bits per heavy atom. The minimum Gasteiger partial charge on any atom is -0.493 e. The average molecular weight is 443 g/mol. The van der Waals surface area contributed by atoms with E-state index in [-0.39, 0.29) is 11.9 Å². The molecule has 0 radical (unpaired) electrons. The lowest BCUT2D eigenvalue weighted by Gasteiger charge is -2.31. The number of hydrogen-bond acceptors (Lipinski definition) is 5. The van der Waals surface area contributed by atoms with E-state index in [4.69, 9.17) is 14.5 Å². The summed E-state index contributed by atoms with van der Waals surface area (Å²) < 4.78 is 10.9. The fraction of sp³-hybridized carbons (Fsp3) is 0.600. The van der Waals surface area contributed by atoms with E-state index in [1.165, 1.54) is 38.5 Å². The zero-order valence-electron chi connectivity index (χ0n) is 19.0. The number of amides is 1. The molecular formula is C25H34N2O3S. The quantitative estimate of drug-likeness (QED) is 0.529. The number of carbonyl (C=O) groups excluding carboxylic acids is 1. The van der Waals surface area contributed by atoms with E-state index < -0.39 is 0 Å². The molecule has 1 aliphatic heterocycles. The number of carbonyl (C=O) groups is 1. The third kappa shape index (κ3) is 4.94. The largest absolute Gasteiger partial charge is 0.493 e. The number of thioether (sulfide) groups is 1. The summed E-state index contributed by atoms with van der Waals surface area (Å²) in [6.45, 7) is 2.04. The Balaban J connectivity index is 1.67. The lowest BCUT2D eigenvalue weighted by Crippen LogP contribution is -2.41. The second kappa shape index (κ2) is 10.1. The van der Waals surface area contributed by atoms with Crippen LogP contribution in [0, 0.1) is 6.92 Å². The highest BCUT2D eigenvalue weighted by molar-refractivity contribution is 8.18. The summed E-state index contributed by atoms with van der Waals surface area (Å²) in [4.78, 5) is 21.5. The van der Waals surface area contributed by atoms with E-state index in [9.17, 15) is 4.79 Å². The zero-order chi connectivity index (χ0) is 21.8. The van der Waals surface area contributed by atoms with Gasteiger partial charge in [0.05, 0.1) is 25.2 Å². The van der Waals surface area contributed by atoms with E-state index in [0.29, 0.717) is 17.5 Å². The van der Waals surface area contributed by atoms with Gasteiger partial charge in [-0.1, -0.05) is 38.5 Å². The van der Waals surface area contributed by atoms with Crippen molar-refractivity contribution in [3.05, 3.63) is 28.2 Å². The van der Waals surface area contributed by atoms with Gasteiger partial charge in [0.25, 0.3) is 5.91 Å². The number of methoxy groups -OCH3 is 2. The maximum Gasteiger partial charge on any atom is 0.266 e. The molecule has 6 heteroatoms. The van der Waals surface area contributed by atoms with E-state index in [1.54, 1.807) is 26.0 Å². The Hall–Kier alpha value is -1.95. The van der Waals surface area contributed by atoms with Crippen LogP contribution in [0.25, 0.3) is 6.08 Å². The van der Waals surface area contributed by atoms with Gasteiger partial charge in [0.2, 0.25) is 0 Å². The number of rotatable bonds is 5. The highest BCUT2D eigenvalue weighted by Crippen LogP contribution is 2.40. The van der Waals surface area contributed by atoms with Crippen LogP contribution in [0.3, 0.4) is 0 Å². The number of aryl methyl sites for hydroxylation is 1. The topological polar surface area (TPSA) is 51.1 Å². The number of hydrogen-bond donors (Lipinski definition) is 0. The molecule has 1 aromatic carbocycles. The van der Waals surface area contributed by atoms with Gasteiger partial charge in [0.15, 0.2) is 16.7 Å². The summed E-state index contributed by atoms with van der Waals surface area (Å²) in [5.41, 5.74) is 2.04. The Labute approximate surface area is 190 Å². The van der Waals surface area contributed by atoms with E-state index >= 15 is 0 Å². The van der Waals surface area contributed by atoms with Crippen LogP contribution < -0.4 is 9.47 Å². The Morgan fingerprint density at radius 2 is 1.58 bits per heavy atom. The van der Waals surface area contributed by atoms with Crippen LogP contribution in [-0.2, 0) is 4.79 Å². The van der Waals surface area contributed by atoms with Crippen molar-refractivity contribution >= 4 is 28.9 Å². The first kappa shape index (κ1) is 22.3. The summed E-state index contributed by atoms with van der Waals surface area (Å²) in [6, 6.07) is 4.56. The molecule has 1 heterocycles. The van der Waals surface area contributed by atoms with Gasteiger partial charge in [-0.25, -0.2) is 0 Å². The number of aliphatic imine (C=N–C) groups is 1. The maximum absolute atomic E-state index is 13.6. The molecule has 31 heavy (non-hydrogen) atoms. The maximum atomic E-state index is 13.6. The molecule has 0 unspecified atom stereocenters. The first-order valence-corrected chi connectivity index (χ1v) is 12.5. The first-order chi connectivity index (χ1) is 15.1. The number of ether oxygens (including phenoxy) is 2. The van der Waals surface area contributed by atoms with Crippen molar-refractivity contribution < 1.29 is 14.3 Å². The summed E-state index contributed by atoms with van der Waals surface area (Å²) >= 11 is 1.56. The van der Waals surface area contributed by atoms with Gasteiger partial charge in [0, 0.05) is 6.04 Å². The van der Waals surface area contributed by atoms with E-state index in [1.807, 2.05) is 30.0 Å². The molecule has 0 N–H and O–H groups in total. The van der Waals surface area contributed by atoms with Gasteiger partial charge < -0.3 is 9.47 Å². The molecule has 2 saturated carbocycles. The molecule has 5 nitrogen and oxygen atoms in total. The minimum absolute atomic E-state index is 0.112. The highest BCUT2D eigenvalue weighted by Gasteiger charge is 2.39. The molecule has 0 bridgehead atoms. The molecular weight excluding hydrogens is 408 g/mol. The van der Waals surface area contributed by atoms with Crippen LogP contribution in [0.5, 0.6) is 11.5 Å². The predicted octanol–water partition coefficient (Wildman–Crippen LogP) is 5.95. The molecule has 0 aromatic heterocycles. The standard InChI is InChI=1S/C25H34N2O3S/c1-17-14-21(29-2)22(30-3)15-18(17)16-23-24(28)27(20-12-8-5-9-13-20)25(31-23)26-19-10-6-4-7-11-19/h14-16,19-20H,4-13H2,1-3H3. The average Bonchev–Trinajstić information content (AvgIpc) is 3.10. The molecule has 0 atom stereocenters. The predicted molar refractivity (Wildman–Crippen MR) is 128 cm³/mol. The number of nitrogens with zero attached hydrogens (tertiary/aromatic N) is 2. The normalized spacial score (nSPS) is 23.7. The lowest BCUT2D eigenvalue weighted by molar-refractivity contribution is -0.124. The van der Waals surface area contributed by atoms with Crippen molar-refractivity contribution in [3.8, 4) is 11.5 Å². The number of amidine groups is 1. The van der Waals surface area contributed by atoms with Gasteiger partial charge >= 0.3 is 0 Å². The van der Waals surface area contributed by atoms with Crippen LogP contribution in [0.15, 0.2) is 22.0 Å². The van der Waals surface area contributed by atoms with Gasteiger partial charge in [-0.2, -0.15) is 0 Å². The van der Waals surface area contributed by atoms with E-state index in [0.717, 1.165) is 46.9 Å². The third-order valence-corrected chi connectivity index (χ3v) is 7.70. The van der Waals surface area contributed by atoms with Gasteiger partial charge in [-0.3, -0.25) is 14.7 Å². The molecule has 4 rings (SSSR count). The lowest BCUT2D eigenvalue weighted by atomic mass is 9.94. The van der Waals surface area contributed by atoms with Crippen LogP contribution in [0.1, 0.15) is 75.3 Å². The summed E-state index contributed by atoms with van der Waals surface area (Å²) in [6.07, 6.45) is 13.9. The van der Waals surface area contributed by atoms with Crippen LogP contribution in [0.4, 0.5) is 0 Å². The fourth-order valence-corrected chi connectivity index (χ4v) is 6.00. The molecule has 168 valence electrons. The Kier molecular flexibility index (Phi) is 7.26. The summed E-state index contributed by atoms with van der Waals surface area (Å²) in [7, 11) is 3.28. The zero-order valence-corrected chi connectivity index (χ0v) is 19.8. The number of benzene rings is 1. The SMILES string of the molecule is COc1cc(C)c(C=C2SC(=NC3CCCCC3)N(C3CCCCC3)C2=O)cc1OC. The monoisotopic (exact) mass is 442 g/mol. The summed E-state index contributed by atoms with van der Waals surface area (Å²) in [5, 5.41) is 0.924. The van der Waals surface area contributed by atoms with Crippen LogP contribution >= 0.6 is 11.8 Å². The van der Waals surface area contributed by atoms with Crippen molar-refractivity contribution in [3.63, 3.8) is 0 Å². The Morgan fingerprint density at radius 3 is 2.23 bits per heavy atom. The second-order valence-electron chi connectivity index (χ2n) is 8.84. The van der Waals surface area contributed by atoms with E-state index in [2.05, 4.69) is 0 Å². The van der Waals surface area contributed by atoms with Gasteiger partial charge in [-0.05, 0) is 73.7 Å². The second-order valence-corrected chi connectivity index (χ2v) is 9.85. The smallest absolute Gasteiger partial charge is 0.266 e. The molecule has 1 aromatic rings. The van der Waals surface area contributed by atoms with Crippen molar-refractivity contribution in [2.45, 2.75) is 83.2 Å². The molecule has 3 aliphatic rings. The fourth-order valence-electron chi connectivity index (χ4n) is 4.90. The molecule has 2 aliphatic carbocycles. The van der Waals surface area contributed by atoms with Crippen molar-refractivity contribution in [1.82, 2.24) is 4.90 Å². The first-order valence-electron chi connectivity index (χ1n) is 11.6. The third-order valence-electron chi connectivity index (χ3n) is 6.70. The van der Waals surface area contributed by atoms with Gasteiger partial charge in [-0.15, -0.1) is 0 Å². The summed E-state index contributed by atoms with van der Waals surface area (Å²) in [5.74, 6) is 1.49. The molecule has 1 amide bonds. The Bertz CT molecular complexity index is 868.